The SMILES string of the molecule is CCOC(=O)c1nc(C(N)CCNC(=O)c2cc(Nc3nc(C(N)CCN=C(NC(=O)OC(C)(C)C)NC(=O)OC(C)(C)C)cn3C)cn2C)cn1C. The highest BCUT2D eigenvalue weighted by molar-refractivity contribution is 6.01. The summed E-state index contributed by atoms with van der Waals surface area (Å²) in [5, 5.41) is 11.0. The molecule has 3 aromatic rings. The van der Waals surface area contributed by atoms with Crippen molar-refractivity contribution < 1.29 is 33.4 Å². The zero-order valence-electron chi connectivity index (χ0n) is 32.2. The Morgan fingerprint density at radius 3 is 1.98 bits per heavy atom. The fourth-order valence-electron chi connectivity index (χ4n) is 4.78. The first-order chi connectivity index (χ1) is 24.6. The van der Waals surface area contributed by atoms with Crippen LogP contribution in [0.1, 0.15) is 106 Å². The Morgan fingerprint density at radius 2 is 1.40 bits per heavy atom. The third-order valence-electron chi connectivity index (χ3n) is 7.19. The lowest BCUT2D eigenvalue weighted by molar-refractivity contribution is 0.0502. The fraction of sp³-hybridized carbons (Fsp3) is 0.559. The van der Waals surface area contributed by atoms with Crippen molar-refractivity contribution in [3.8, 4) is 0 Å². The van der Waals surface area contributed by atoms with Crippen LogP contribution in [0.2, 0.25) is 0 Å². The Labute approximate surface area is 309 Å². The van der Waals surface area contributed by atoms with E-state index in [0.29, 0.717) is 41.6 Å². The zero-order chi connectivity index (χ0) is 39.7. The highest BCUT2D eigenvalue weighted by atomic mass is 16.6. The van der Waals surface area contributed by atoms with Gasteiger partial charge in [-0.25, -0.2) is 24.4 Å². The Kier molecular flexibility index (Phi) is 14.2. The minimum Gasteiger partial charge on any atom is -0.460 e. The summed E-state index contributed by atoms with van der Waals surface area (Å²) < 4.78 is 20.6. The zero-order valence-corrected chi connectivity index (χ0v) is 32.2. The molecule has 3 rings (SSSR count). The molecule has 19 heteroatoms. The molecule has 0 saturated carbocycles. The van der Waals surface area contributed by atoms with Crippen molar-refractivity contribution in [1.29, 1.82) is 0 Å². The molecule has 0 aromatic carbocycles. The van der Waals surface area contributed by atoms with E-state index in [2.05, 4.69) is 36.2 Å². The van der Waals surface area contributed by atoms with E-state index in [9.17, 15) is 19.2 Å². The molecule has 8 N–H and O–H groups in total. The highest BCUT2D eigenvalue weighted by Gasteiger charge is 2.23. The van der Waals surface area contributed by atoms with Crippen molar-refractivity contribution in [1.82, 2.24) is 39.6 Å². The monoisotopic (exact) mass is 742 g/mol. The average molecular weight is 743 g/mol. The lowest BCUT2D eigenvalue weighted by atomic mass is 10.1. The minimum absolute atomic E-state index is 0.125. The molecule has 2 unspecified atom stereocenters. The summed E-state index contributed by atoms with van der Waals surface area (Å²) in [6.45, 7) is 12.6. The third kappa shape index (κ3) is 13.2. The van der Waals surface area contributed by atoms with Gasteiger partial charge in [-0.1, -0.05) is 0 Å². The molecule has 0 spiro atoms. The fourth-order valence-corrected chi connectivity index (χ4v) is 4.78. The van der Waals surface area contributed by atoms with Gasteiger partial charge < -0.3 is 50.0 Å². The molecule has 0 bridgehead atoms. The van der Waals surface area contributed by atoms with Gasteiger partial charge in [-0.2, -0.15) is 0 Å². The molecule has 3 heterocycles. The van der Waals surface area contributed by atoms with Gasteiger partial charge in [0.2, 0.25) is 17.7 Å². The molecule has 0 aliphatic rings. The number of esters is 1. The highest BCUT2D eigenvalue weighted by Crippen LogP contribution is 2.22. The van der Waals surface area contributed by atoms with E-state index in [1.54, 1.807) is 108 Å². The number of carbonyl (C=O) groups excluding carboxylic acids is 4. The number of guanidine groups is 1. The molecular formula is C34H54N12O7. The van der Waals surface area contributed by atoms with E-state index in [-0.39, 0.29) is 37.4 Å². The van der Waals surface area contributed by atoms with E-state index >= 15 is 0 Å². The van der Waals surface area contributed by atoms with Crippen LogP contribution in [0.4, 0.5) is 21.2 Å². The Balaban J connectivity index is 1.58. The number of carbonyl (C=O) groups is 4. The number of imidazole rings is 2. The Bertz CT molecular complexity index is 1750. The van der Waals surface area contributed by atoms with Gasteiger partial charge in [-0.3, -0.25) is 20.4 Å². The number of nitrogens with two attached hydrogens (primary N) is 2. The van der Waals surface area contributed by atoms with Crippen molar-refractivity contribution in [2.75, 3.05) is 25.0 Å². The largest absolute Gasteiger partial charge is 0.460 e. The van der Waals surface area contributed by atoms with Gasteiger partial charge in [0.05, 0.1) is 35.8 Å². The molecule has 19 nitrogen and oxygen atoms in total. The standard InChI is InChI=1S/C34H54N12O7/c1-11-51-28(48)26-40-23(18-45(26)9)21(35)12-14-37-27(47)25-16-20(17-44(25)8)39-30-41-24(19-46(30)10)22(36)13-15-38-29(42-31(49)52-33(2,3)4)43-32(50)53-34(5,6)7/h16-19,21-22H,11-15,35-36H2,1-10H3,(H,37,47)(H,39,41)(H2,38,42,43,49,50). The topological polar surface area (TPSA) is 249 Å². The number of aryl methyl sites for hydroxylation is 3. The second-order valence-corrected chi connectivity index (χ2v) is 14.3. The van der Waals surface area contributed by atoms with Crippen LogP contribution in [-0.4, -0.2) is 84.6 Å². The van der Waals surface area contributed by atoms with E-state index < -0.39 is 41.4 Å². The number of aromatic nitrogens is 5. The molecule has 3 aromatic heterocycles. The van der Waals surface area contributed by atoms with Crippen molar-refractivity contribution in [3.63, 3.8) is 0 Å². The predicted molar refractivity (Wildman–Crippen MR) is 198 cm³/mol. The summed E-state index contributed by atoms with van der Waals surface area (Å²) in [5.74, 6) is -0.326. The van der Waals surface area contributed by atoms with Crippen LogP contribution in [0.3, 0.4) is 0 Å². The summed E-state index contributed by atoms with van der Waals surface area (Å²) in [5.41, 5.74) is 13.3. The van der Waals surface area contributed by atoms with E-state index in [1.807, 2.05) is 0 Å². The van der Waals surface area contributed by atoms with Gasteiger partial charge >= 0.3 is 18.2 Å². The van der Waals surface area contributed by atoms with Crippen LogP contribution in [-0.2, 0) is 35.4 Å². The molecule has 2 atom stereocenters. The van der Waals surface area contributed by atoms with Crippen LogP contribution in [0.15, 0.2) is 29.6 Å². The number of anilines is 2. The Morgan fingerprint density at radius 1 is 0.830 bits per heavy atom. The number of aliphatic imine (C=N–C) groups is 1. The second-order valence-electron chi connectivity index (χ2n) is 14.3. The van der Waals surface area contributed by atoms with Gasteiger partial charge in [0.1, 0.15) is 16.9 Å². The maximum absolute atomic E-state index is 13.0. The lowest BCUT2D eigenvalue weighted by Gasteiger charge is -2.22. The summed E-state index contributed by atoms with van der Waals surface area (Å²) >= 11 is 0. The van der Waals surface area contributed by atoms with E-state index in [4.69, 9.17) is 25.7 Å². The number of alkyl carbamates (subject to hydrolysis) is 2. The molecule has 0 aliphatic heterocycles. The van der Waals surface area contributed by atoms with E-state index in [0.717, 1.165) is 0 Å². The van der Waals surface area contributed by atoms with Crippen LogP contribution >= 0.6 is 0 Å². The summed E-state index contributed by atoms with van der Waals surface area (Å²) in [4.78, 5) is 63.1. The molecule has 0 radical (unpaired) electrons. The maximum atomic E-state index is 13.0. The normalized spacial score (nSPS) is 12.7. The van der Waals surface area contributed by atoms with Gasteiger partial charge in [0.25, 0.3) is 5.91 Å². The molecule has 53 heavy (non-hydrogen) atoms. The van der Waals surface area contributed by atoms with Crippen molar-refractivity contribution in [3.05, 3.63) is 47.6 Å². The molecule has 3 amide bonds. The van der Waals surface area contributed by atoms with Crippen molar-refractivity contribution in [2.24, 2.45) is 37.6 Å². The summed E-state index contributed by atoms with van der Waals surface area (Å²) in [6.07, 6.45) is 4.32. The van der Waals surface area contributed by atoms with Crippen molar-refractivity contribution >= 4 is 41.7 Å². The Hall–Kier alpha value is -5.43. The van der Waals surface area contributed by atoms with Crippen LogP contribution in [0, 0.1) is 0 Å². The molecule has 292 valence electrons. The second kappa shape index (κ2) is 17.9. The quantitative estimate of drug-likeness (QED) is 0.0640. The number of amides is 3. The molecule has 0 aliphatic carbocycles. The van der Waals surface area contributed by atoms with Crippen LogP contribution < -0.4 is 32.7 Å². The summed E-state index contributed by atoms with van der Waals surface area (Å²) in [7, 11) is 5.24. The molecular weight excluding hydrogens is 688 g/mol. The minimum atomic E-state index is -0.796. The average Bonchev–Trinajstić information content (AvgIpc) is 3.71. The van der Waals surface area contributed by atoms with Crippen LogP contribution in [0.25, 0.3) is 0 Å². The number of hydrogen-bond acceptors (Lipinski definition) is 13. The van der Waals surface area contributed by atoms with Crippen molar-refractivity contribution in [2.45, 2.75) is 84.6 Å². The number of rotatable bonds is 13. The first-order valence-corrected chi connectivity index (χ1v) is 17.2. The third-order valence-corrected chi connectivity index (χ3v) is 7.19. The summed E-state index contributed by atoms with van der Waals surface area (Å²) in [6, 6.07) is 0.645. The molecule has 0 saturated heterocycles. The lowest BCUT2D eigenvalue weighted by Crippen LogP contribution is -2.47. The first kappa shape index (κ1) is 42.0. The first-order valence-electron chi connectivity index (χ1n) is 17.2. The smallest absolute Gasteiger partial charge is 0.414 e. The van der Waals surface area contributed by atoms with Crippen LogP contribution in [0.5, 0.6) is 0 Å². The van der Waals surface area contributed by atoms with Gasteiger partial charge in [-0.05, 0) is 67.4 Å². The number of ether oxygens (including phenoxy) is 3. The van der Waals surface area contributed by atoms with Gasteiger partial charge in [0.15, 0.2) is 0 Å². The van der Waals surface area contributed by atoms with Gasteiger partial charge in [-0.15, -0.1) is 0 Å². The van der Waals surface area contributed by atoms with Gasteiger partial charge in [0, 0.05) is 52.8 Å². The van der Waals surface area contributed by atoms with E-state index in [1.165, 1.54) is 0 Å². The maximum Gasteiger partial charge on any atom is 0.414 e. The number of nitrogens with zero attached hydrogens (tertiary/aromatic N) is 6. The number of nitrogens with one attached hydrogen (secondary N) is 4. The predicted octanol–water partition coefficient (Wildman–Crippen LogP) is 3.03. The number of hydrogen-bond donors (Lipinski definition) is 6. The molecule has 0 fully saturated rings.